The molecule has 0 aliphatic rings. The molecule has 4 aromatic rings. The van der Waals surface area contributed by atoms with Gasteiger partial charge in [-0.3, -0.25) is 4.98 Å². The quantitative estimate of drug-likeness (QED) is 0.564. The molecule has 0 aliphatic carbocycles. The molecule has 4 nitrogen and oxygen atoms in total. The number of nitriles is 1. The van der Waals surface area contributed by atoms with Crippen LogP contribution >= 0.6 is 0 Å². The minimum atomic E-state index is 0.504. The van der Waals surface area contributed by atoms with Crippen molar-refractivity contribution >= 4 is 33.6 Å². The van der Waals surface area contributed by atoms with Gasteiger partial charge in [0.05, 0.1) is 22.1 Å². The highest BCUT2D eigenvalue weighted by molar-refractivity contribution is 5.92. The number of hydrogen-bond donors (Lipinski definition) is 1. The van der Waals surface area contributed by atoms with Gasteiger partial charge in [-0.15, -0.1) is 0 Å². The van der Waals surface area contributed by atoms with Gasteiger partial charge in [0.2, 0.25) is 0 Å². The summed E-state index contributed by atoms with van der Waals surface area (Å²) in [5.74, 6) is 0.583. The van der Waals surface area contributed by atoms with Crippen molar-refractivity contribution < 1.29 is 0 Å². The van der Waals surface area contributed by atoms with Crippen molar-refractivity contribution in [3.05, 3.63) is 72.2 Å². The van der Waals surface area contributed by atoms with E-state index in [1.54, 1.807) is 6.20 Å². The molecule has 0 unspecified atom stereocenters. The highest BCUT2D eigenvalue weighted by Gasteiger charge is 2.07. The topological polar surface area (TPSA) is 65.4 Å². The summed E-state index contributed by atoms with van der Waals surface area (Å²) in [7, 11) is 0. The van der Waals surface area contributed by atoms with Gasteiger partial charge in [-0.25, -0.2) is 4.98 Å². The number of pyridine rings is 1. The summed E-state index contributed by atoms with van der Waals surface area (Å²) in [5.41, 5.74) is 4.16. The second kappa shape index (κ2) is 5.39. The molecule has 0 spiro atoms. The fraction of sp³-hybridized carbons (Fsp3) is 0. The first-order valence-corrected chi connectivity index (χ1v) is 7.25. The van der Waals surface area contributed by atoms with Gasteiger partial charge in [-0.2, -0.15) is 5.26 Å². The summed E-state index contributed by atoms with van der Waals surface area (Å²) in [6, 6.07) is 19.8. The Balaban J connectivity index is 1.81. The van der Waals surface area contributed by atoms with Crippen LogP contribution in [0.15, 0.2) is 60.8 Å². The smallest absolute Gasteiger partial charge is 0.149 e. The van der Waals surface area contributed by atoms with Crippen molar-refractivity contribution in [1.29, 1.82) is 5.26 Å². The van der Waals surface area contributed by atoms with Crippen LogP contribution in [-0.4, -0.2) is 15.0 Å². The van der Waals surface area contributed by atoms with Gasteiger partial charge in [-0.05, 0) is 42.0 Å². The first kappa shape index (κ1) is 13.2. The van der Waals surface area contributed by atoms with Crippen molar-refractivity contribution in [2.45, 2.75) is 0 Å². The molecule has 4 rings (SSSR count). The summed E-state index contributed by atoms with van der Waals surface area (Å²) in [4.78, 5) is 12.0. The summed E-state index contributed by atoms with van der Waals surface area (Å²) < 4.78 is 0. The molecular weight excluding hydrogens is 284 g/mol. The van der Waals surface area contributed by atoms with Crippen molar-refractivity contribution in [1.82, 2.24) is 15.0 Å². The molecule has 0 amide bonds. The largest absolute Gasteiger partial charge is 0.337 e. The Bertz CT molecular complexity index is 1050. The molecule has 2 aromatic carbocycles. The van der Waals surface area contributed by atoms with E-state index in [0.717, 1.165) is 27.5 Å². The number of hydrogen-bond acceptors (Lipinski definition) is 3. The summed E-state index contributed by atoms with van der Waals surface area (Å²) in [6.07, 6.45) is 3.61. The zero-order valence-corrected chi connectivity index (χ0v) is 12.2. The molecule has 0 aliphatic heterocycles. The third kappa shape index (κ3) is 2.45. The lowest BCUT2D eigenvalue weighted by atomic mass is 10.1. The Morgan fingerprint density at radius 3 is 2.83 bits per heavy atom. The molecule has 0 saturated heterocycles. The maximum absolute atomic E-state index is 9.49. The van der Waals surface area contributed by atoms with Gasteiger partial charge in [0.1, 0.15) is 11.9 Å². The van der Waals surface area contributed by atoms with Crippen LogP contribution in [-0.2, 0) is 0 Å². The molecule has 2 heterocycles. The van der Waals surface area contributed by atoms with E-state index in [0.29, 0.717) is 11.4 Å². The van der Waals surface area contributed by atoms with Crippen LogP contribution in [0.5, 0.6) is 0 Å². The van der Waals surface area contributed by atoms with E-state index in [2.05, 4.69) is 21.0 Å². The Morgan fingerprint density at radius 1 is 1.04 bits per heavy atom. The molecule has 1 N–H and O–H groups in total. The molecule has 0 saturated carbocycles. The second-order valence-electron chi connectivity index (χ2n) is 5.23. The Morgan fingerprint density at radius 2 is 1.96 bits per heavy atom. The standard InChI is InChI=1S/C19H12N4/c20-12-15(19-22-17-5-1-2-6-18(17)23-19)11-13-7-8-16-14(10-13)4-3-9-21-16/h1-11H,(H,22,23). The van der Waals surface area contributed by atoms with Gasteiger partial charge < -0.3 is 4.98 Å². The molecule has 23 heavy (non-hydrogen) atoms. The van der Waals surface area contributed by atoms with E-state index < -0.39 is 0 Å². The summed E-state index contributed by atoms with van der Waals surface area (Å²) in [6.45, 7) is 0. The second-order valence-corrected chi connectivity index (χ2v) is 5.23. The lowest BCUT2D eigenvalue weighted by Gasteiger charge is -1.99. The number of aromatic nitrogens is 3. The third-order valence-corrected chi connectivity index (χ3v) is 3.70. The lowest BCUT2D eigenvalue weighted by Crippen LogP contribution is -1.85. The molecule has 108 valence electrons. The number of para-hydroxylation sites is 2. The predicted molar refractivity (Wildman–Crippen MR) is 91.3 cm³/mol. The molecular formula is C19H12N4. The van der Waals surface area contributed by atoms with Gasteiger partial charge in [0, 0.05) is 11.6 Å². The summed E-state index contributed by atoms with van der Waals surface area (Å²) in [5, 5.41) is 10.5. The molecule has 0 bridgehead atoms. The van der Waals surface area contributed by atoms with Crippen LogP contribution in [0, 0.1) is 11.3 Å². The molecule has 0 radical (unpaired) electrons. The number of benzene rings is 2. The highest BCUT2D eigenvalue weighted by Crippen LogP contribution is 2.21. The van der Waals surface area contributed by atoms with Crippen LogP contribution in [0.1, 0.15) is 11.4 Å². The molecule has 0 atom stereocenters. The summed E-state index contributed by atoms with van der Waals surface area (Å²) >= 11 is 0. The fourth-order valence-electron chi connectivity index (χ4n) is 2.58. The van der Waals surface area contributed by atoms with E-state index in [1.165, 1.54) is 0 Å². The Labute approximate surface area is 132 Å². The van der Waals surface area contributed by atoms with Gasteiger partial charge in [-0.1, -0.05) is 24.3 Å². The number of aromatic amines is 1. The van der Waals surface area contributed by atoms with Crippen molar-refractivity contribution in [3.63, 3.8) is 0 Å². The van der Waals surface area contributed by atoms with Gasteiger partial charge in [0.15, 0.2) is 0 Å². The minimum absolute atomic E-state index is 0.504. The van der Waals surface area contributed by atoms with Crippen LogP contribution in [0.25, 0.3) is 33.6 Å². The van der Waals surface area contributed by atoms with E-state index >= 15 is 0 Å². The minimum Gasteiger partial charge on any atom is -0.337 e. The Kier molecular flexibility index (Phi) is 3.10. The number of H-pyrrole nitrogens is 1. The van der Waals surface area contributed by atoms with Gasteiger partial charge >= 0.3 is 0 Å². The van der Waals surface area contributed by atoms with Crippen molar-refractivity contribution in [2.24, 2.45) is 0 Å². The zero-order valence-electron chi connectivity index (χ0n) is 12.2. The maximum atomic E-state index is 9.49. The average molecular weight is 296 g/mol. The van der Waals surface area contributed by atoms with Crippen LogP contribution in [0.3, 0.4) is 0 Å². The van der Waals surface area contributed by atoms with Gasteiger partial charge in [0.25, 0.3) is 0 Å². The number of nitrogens with one attached hydrogen (secondary N) is 1. The van der Waals surface area contributed by atoms with Crippen LogP contribution in [0.2, 0.25) is 0 Å². The first-order chi connectivity index (χ1) is 11.3. The van der Waals surface area contributed by atoms with E-state index in [9.17, 15) is 5.26 Å². The average Bonchev–Trinajstić information content (AvgIpc) is 3.03. The fourth-order valence-corrected chi connectivity index (χ4v) is 2.58. The maximum Gasteiger partial charge on any atom is 0.149 e. The number of allylic oxidation sites excluding steroid dienone is 1. The van der Waals surface area contributed by atoms with E-state index in [-0.39, 0.29) is 0 Å². The Hall–Kier alpha value is -3.45. The number of rotatable bonds is 2. The number of imidazole rings is 1. The number of nitrogens with zero attached hydrogens (tertiary/aromatic N) is 3. The normalized spacial score (nSPS) is 11.7. The van der Waals surface area contributed by atoms with Crippen molar-refractivity contribution in [2.75, 3.05) is 0 Å². The molecule has 0 fully saturated rings. The highest BCUT2D eigenvalue weighted by atomic mass is 14.9. The van der Waals surface area contributed by atoms with E-state index in [1.807, 2.05) is 60.7 Å². The third-order valence-electron chi connectivity index (χ3n) is 3.70. The van der Waals surface area contributed by atoms with Crippen LogP contribution in [0.4, 0.5) is 0 Å². The zero-order chi connectivity index (χ0) is 15.6. The molecule has 2 aromatic heterocycles. The first-order valence-electron chi connectivity index (χ1n) is 7.25. The SMILES string of the molecule is N#CC(=Cc1ccc2ncccc2c1)c1nc2ccccc2[nH]1. The molecule has 4 heteroatoms. The number of fused-ring (bicyclic) bond motifs is 2. The lowest BCUT2D eigenvalue weighted by molar-refractivity contribution is 1.27. The van der Waals surface area contributed by atoms with E-state index in [4.69, 9.17) is 0 Å². The monoisotopic (exact) mass is 296 g/mol. The van der Waals surface area contributed by atoms with Crippen molar-refractivity contribution in [3.8, 4) is 6.07 Å². The predicted octanol–water partition coefficient (Wildman–Crippen LogP) is 4.18. The van der Waals surface area contributed by atoms with Crippen LogP contribution < -0.4 is 0 Å².